The summed E-state index contributed by atoms with van der Waals surface area (Å²) in [7, 11) is 0. The maximum Gasteiger partial charge on any atom is 0.410 e. The van der Waals surface area contributed by atoms with Gasteiger partial charge in [0, 0.05) is 24.7 Å². The average molecular weight is 324 g/mol. The van der Waals surface area contributed by atoms with Gasteiger partial charge in [0.2, 0.25) is 0 Å². The molecule has 0 saturated heterocycles. The van der Waals surface area contributed by atoms with Crippen molar-refractivity contribution in [1.29, 1.82) is 5.26 Å². The Morgan fingerprint density at radius 2 is 2.22 bits per heavy atom. The molecule has 0 fully saturated rings. The minimum atomic E-state index is -4.44. The average Bonchev–Trinajstić information content (AvgIpc) is 3.07. The van der Waals surface area contributed by atoms with Crippen molar-refractivity contribution in [2.24, 2.45) is 0 Å². The summed E-state index contributed by atoms with van der Waals surface area (Å²) in [6.07, 6.45) is -1.73. The monoisotopic (exact) mass is 324 g/mol. The molecule has 0 radical (unpaired) electrons. The van der Waals surface area contributed by atoms with Gasteiger partial charge < -0.3 is 5.32 Å². The van der Waals surface area contributed by atoms with E-state index in [4.69, 9.17) is 5.26 Å². The normalized spacial score (nSPS) is 20.7. The highest BCUT2D eigenvalue weighted by Crippen LogP contribution is 2.44. The van der Waals surface area contributed by atoms with E-state index in [0.717, 1.165) is 10.9 Å². The van der Waals surface area contributed by atoms with E-state index in [2.05, 4.69) is 15.5 Å². The molecule has 0 unspecified atom stereocenters. The summed E-state index contributed by atoms with van der Waals surface area (Å²) in [6.45, 7) is 4.31. The number of halogens is 3. The van der Waals surface area contributed by atoms with Gasteiger partial charge in [-0.2, -0.15) is 28.6 Å². The molecule has 0 aromatic carbocycles. The maximum atomic E-state index is 13.4. The molecule has 0 bridgehead atoms. The van der Waals surface area contributed by atoms with Crippen LogP contribution in [0.3, 0.4) is 0 Å². The second-order valence-corrected chi connectivity index (χ2v) is 5.48. The Labute approximate surface area is 130 Å². The van der Waals surface area contributed by atoms with Gasteiger partial charge in [-0.05, 0) is 13.8 Å². The van der Waals surface area contributed by atoms with E-state index < -0.39 is 18.3 Å². The van der Waals surface area contributed by atoms with Crippen LogP contribution in [0.1, 0.15) is 42.2 Å². The molecule has 0 amide bonds. The first-order valence-corrected chi connectivity index (χ1v) is 7.20. The standard InChI is InChI=1S/C14H15F3N6/c1-3-22-7-10(8(2)21-22)11-4-12(14(15,16)17)23-13(20-11)9(5-18)6-19-23/h6-7,11-12,20H,3-4H2,1-2H3/t11-,12+/m1/s1. The first-order chi connectivity index (χ1) is 10.8. The van der Waals surface area contributed by atoms with Gasteiger partial charge in [0.05, 0.1) is 17.9 Å². The number of anilines is 1. The Morgan fingerprint density at radius 3 is 2.78 bits per heavy atom. The summed E-state index contributed by atoms with van der Waals surface area (Å²) in [6, 6.07) is -0.463. The molecular weight excluding hydrogens is 309 g/mol. The minimum absolute atomic E-state index is 0.101. The van der Waals surface area contributed by atoms with Crippen LogP contribution in [-0.2, 0) is 6.54 Å². The van der Waals surface area contributed by atoms with Crippen molar-refractivity contribution in [3.05, 3.63) is 29.2 Å². The van der Waals surface area contributed by atoms with E-state index in [9.17, 15) is 13.2 Å². The van der Waals surface area contributed by atoms with Crippen LogP contribution in [0.25, 0.3) is 0 Å². The molecule has 0 aliphatic carbocycles. The first kappa shape index (κ1) is 15.4. The molecule has 3 rings (SSSR count). The van der Waals surface area contributed by atoms with Crippen LogP contribution in [-0.4, -0.2) is 25.7 Å². The first-order valence-electron chi connectivity index (χ1n) is 7.20. The summed E-state index contributed by atoms with van der Waals surface area (Å²) < 4.78 is 42.7. The van der Waals surface area contributed by atoms with E-state index in [1.165, 1.54) is 0 Å². The fourth-order valence-corrected chi connectivity index (χ4v) is 2.89. The fourth-order valence-electron chi connectivity index (χ4n) is 2.89. The van der Waals surface area contributed by atoms with Gasteiger partial charge in [-0.15, -0.1) is 0 Å². The van der Waals surface area contributed by atoms with E-state index in [-0.39, 0.29) is 17.8 Å². The fraction of sp³-hybridized carbons (Fsp3) is 0.500. The Morgan fingerprint density at radius 1 is 1.48 bits per heavy atom. The molecule has 122 valence electrons. The van der Waals surface area contributed by atoms with Crippen LogP contribution in [0.4, 0.5) is 19.0 Å². The number of nitriles is 1. The van der Waals surface area contributed by atoms with Gasteiger partial charge in [-0.3, -0.25) is 4.68 Å². The number of hydrogen-bond donors (Lipinski definition) is 1. The van der Waals surface area contributed by atoms with Crippen LogP contribution in [0.15, 0.2) is 12.4 Å². The highest BCUT2D eigenvalue weighted by molar-refractivity contribution is 5.54. The smallest absolute Gasteiger partial charge is 0.362 e. The van der Waals surface area contributed by atoms with Gasteiger partial charge in [0.1, 0.15) is 17.5 Å². The molecule has 2 atom stereocenters. The molecule has 0 spiro atoms. The number of hydrogen-bond acceptors (Lipinski definition) is 4. The highest BCUT2D eigenvalue weighted by atomic mass is 19.4. The van der Waals surface area contributed by atoms with E-state index >= 15 is 0 Å². The number of nitrogens with zero attached hydrogens (tertiary/aromatic N) is 5. The molecule has 6 nitrogen and oxygen atoms in total. The van der Waals surface area contributed by atoms with Crippen LogP contribution < -0.4 is 5.32 Å². The van der Waals surface area contributed by atoms with Crippen LogP contribution in [0.2, 0.25) is 0 Å². The largest absolute Gasteiger partial charge is 0.410 e. The third-order valence-corrected chi connectivity index (χ3v) is 4.04. The summed E-state index contributed by atoms with van der Waals surface area (Å²) in [4.78, 5) is 0. The van der Waals surface area contributed by atoms with Crippen LogP contribution in [0.5, 0.6) is 0 Å². The third kappa shape index (κ3) is 2.54. The van der Waals surface area contributed by atoms with Crippen molar-refractivity contribution in [3.8, 4) is 6.07 Å². The van der Waals surface area contributed by atoms with Gasteiger partial charge in [-0.25, -0.2) is 4.68 Å². The van der Waals surface area contributed by atoms with Crippen molar-refractivity contribution in [3.63, 3.8) is 0 Å². The number of nitrogens with one attached hydrogen (secondary N) is 1. The quantitative estimate of drug-likeness (QED) is 0.922. The molecule has 2 aromatic heterocycles. The molecular formula is C14H15F3N6. The number of alkyl halides is 3. The lowest BCUT2D eigenvalue weighted by atomic mass is 9.97. The third-order valence-electron chi connectivity index (χ3n) is 4.04. The molecule has 23 heavy (non-hydrogen) atoms. The summed E-state index contributed by atoms with van der Waals surface area (Å²) >= 11 is 0. The summed E-state index contributed by atoms with van der Waals surface area (Å²) in [5.41, 5.74) is 1.48. The zero-order valence-corrected chi connectivity index (χ0v) is 12.6. The molecule has 1 N–H and O–H groups in total. The van der Waals surface area contributed by atoms with Crippen molar-refractivity contribution >= 4 is 5.82 Å². The lowest BCUT2D eigenvalue weighted by Gasteiger charge is -2.33. The van der Waals surface area contributed by atoms with Crippen LogP contribution >= 0.6 is 0 Å². The number of rotatable bonds is 2. The van der Waals surface area contributed by atoms with Gasteiger partial charge in [-0.1, -0.05) is 0 Å². The Bertz CT molecular complexity index is 767. The Hall–Kier alpha value is -2.50. The molecule has 1 aliphatic rings. The van der Waals surface area contributed by atoms with E-state index in [1.54, 1.807) is 17.8 Å². The maximum absolute atomic E-state index is 13.4. The number of aromatic nitrogens is 4. The van der Waals surface area contributed by atoms with Gasteiger partial charge in [0.15, 0.2) is 6.04 Å². The molecule has 9 heteroatoms. The number of fused-ring (bicyclic) bond motifs is 1. The highest BCUT2D eigenvalue weighted by Gasteiger charge is 2.47. The molecule has 3 heterocycles. The predicted molar refractivity (Wildman–Crippen MR) is 75.7 cm³/mol. The summed E-state index contributed by atoms with van der Waals surface area (Å²) in [5.74, 6) is 0.106. The lowest BCUT2D eigenvalue weighted by Crippen LogP contribution is -2.36. The molecule has 0 saturated carbocycles. The van der Waals surface area contributed by atoms with Crippen molar-refractivity contribution in [2.75, 3.05) is 5.32 Å². The second-order valence-electron chi connectivity index (χ2n) is 5.48. The topological polar surface area (TPSA) is 71.5 Å². The Balaban J connectivity index is 2.05. The minimum Gasteiger partial charge on any atom is -0.362 e. The van der Waals surface area contributed by atoms with Crippen LogP contribution in [0, 0.1) is 18.3 Å². The zero-order chi connectivity index (χ0) is 16.8. The van der Waals surface area contributed by atoms with Crippen molar-refractivity contribution in [1.82, 2.24) is 19.6 Å². The second kappa shape index (κ2) is 5.30. The van der Waals surface area contributed by atoms with Gasteiger partial charge >= 0.3 is 6.18 Å². The van der Waals surface area contributed by atoms with E-state index in [1.807, 2.05) is 13.0 Å². The van der Waals surface area contributed by atoms with Gasteiger partial charge in [0.25, 0.3) is 0 Å². The van der Waals surface area contributed by atoms with Crippen molar-refractivity contribution < 1.29 is 13.2 Å². The number of aryl methyl sites for hydroxylation is 2. The molecule has 1 aliphatic heterocycles. The molecule has 2 aromatic rings. The summed E-state index contributed by atoms with van der Waals surface area (Å²) in [5, 5.41) is 20.1. The SMILES string of the molecule is CCn1cc([C@H]2C[C@@H](C(F)(F)F)n3ncc(C#N)c3N2)c(C)n1. The lowest BCUT2D eigenvalue weighted by molar-refractivity contribution is -0.173. The van der Waals surface area contributed by atoms with E-state index in [0.29, 0.717) is 17.8 Å². The zero-order valence-electron chi connectivity index (χ0n) is 12.6. The predicted octanol–water partition coefficient (Wildman–Crippen LogP) is 2.94. The Kier molecular flexibility index (Phi) is 3.55. The van der Waals surface area contributed by atoms with Crippen molar-refractivity contribution in [2.45, 2.75) is 45.1 Å².